The van der Waals surface area contributed by atoms with Crippen molar-refractivity contribution in [1.29, 1.82) is 0 Å². The van der Waals surface area contributed by atoms with E-state index in [0.29, 0.717) is 11.3 Å². The standard InChI is InChI=1S/C20H16F4N4O2/c21-15-10-13(7-8-17(15)29-14-4-3-9-26-12-14)11-27-19(25)28-16-5-1-2-6-18(16)30-20(22,23)24/h1-10,12H,11H2,(H3,25,27,28). The van der Waals surface area contributed by atoms with E-state index in [4.69, 9.17) is 10.5 Å². The number of benzene rings is 2. The van der Waals surface area contributed by atoms with E-state index in [9.17, 15) is 17.6 Å². The number of nitrogens with one attached hydrogen (secondary N) is 1. The van der Waals surface area contributed by atoms with E-state index in [1.807, 2.05) is 0 Å². The molecule has 30 heavy (non-hydrogen) atoms. The number of ether oxygens (including phenoxy) is 2. The summed E-state index contributed by atoms with van der Waals surface area (Å²) >= 11 is 0. The Balaban J connectivity index is 1.65. The summed E-state index contributed by atoms with van der Waals surface area (Å²) in [6.07, 6.45) is -1.83. The van der Waals surface area contributed by atoms with Crippen molar-refractivity contribution in [1.82, 2.24) is 4.98 Å². The maximum atomic E-state index is 14.3. The second-order valence-corrected chi connectivity index (χ2v) is 5.93. The highest BCUT2D eigenvalue weighted by Crippen LogP contribution is 2.30. The van der Waals surface area contributed by atoms with Gasteiger partial charge in [0, 0.05) is 6.20 Å². The number of alkyl halides is 3. The van der Waals surface area contributed by atoms with Gasteiger partial charge in [-0.2, -0.15) is 0 Å². The fourth-order valence-electron chi connectivity index (χ4n) is 2.40. The number of nitrogens with zero attached hydrogens (tertiary/aromatic N) is 2. The van der Waals surface area contributed by atoms with Crippen LogP contribution in [-0.4, -0.2) is 17.3 Å². The minimum atomic E-state index is -4.85. The van der Waals surface area contributed by atoms with Crippen LogP contribution in [0.2, 0.25) is 0 Å². The molecule has 0 aliphatic heterocycles. The molecule has 0 atom stereocenters. The Labute approximate surface area is 169 Å². The highest BCUT2D eigenvalue weighted by molar-refractivity contribution is 5.93. The molecule has 0 unspecified atom stereocenters. The Bertz CT molecular complexity index is 1030. The van der Waals surface area contributed by atoms with Gasteiger partial charge in [0.15, 0.2) is 23.3 Å². The SMILES string of the molecule is NC(=NCc1ccc(Oc2cccnc2)c(F)c1)Nc1ccccc1OC(F)(F)F. The number of para-hydroxylation sites is 2. The molecule has 6 nitrogen and oxygen atoms in total. The zero-order valence-corrected chi connectivity index (χ0v) is 15.4. The quantitative estimate of drug-likeness (QED) is 0.339. The van der Waals surface area contributed by atoms with Crippen LogP contribution >= 0.6 is 0 Å². The van der Waals surface area contributed by atoms with Crippen LogP contribution < -0.4 is 20.5 Å². The molecule has 0 saturated heterocycles. The third kappa shape index (κ3) is 6.09. The number of hydrogen-bond acceptors (Lipinski definition) is 4. The maximum absolute atomic E-state index is 14.3. The Morgan fingerprint density at radius 2 is 1.87 bits per heavy atom. The molecule has 0 aliphatic carbocycles. The minimum absolute atomic E-state index is 0.00871. The number of aromatic nitrogens is 1. The van der Waals surface area contributed by atoms with Crippen LogP contribution in [0.1, 0.15) is 5.56 Å². The number of halogens is 4. The van der Waals surface area contributed by atoms with Crippen LogP contribution in [0.4, 0.5) is 23.2 Å². The lowest BCUT2D eigenvalue weighted by molar-refractivity contribution is -0.274. The van der Waals surface area contributed by atoms with Crippen molar-refractivity contribution in [2.24, 2.45) is 10.7 Å². The van der Waals surface area contributed by atoms with Gasteiger partial charge in [-0.15, -0.1) is 13.2 Å². The Morgan fingerprint density at radius 3 is 2.57 bits per heavy atom. The highest BCUT2D eigenvalue weighted by Gasteiger charge is 2.32. The monoisotopic (exact) mass is 420 g/mol. The number of guanidine groups is 1. The van der Waals surface area contributed by atoms with Crippen LogP contribution in [0.5, 0.6) is 17.2 Å². The summed E-state index contributed by atoms with van der Waals surface area (Å²) in [5, 5.41) is 2.54. The molecule has 2 aromatic carbocycles. The molecule has 0 aliphatic rings. The molecule has 0 radical (unpaired) electrons. The van der Waals surface area contributed by atoms with Crippen molar-refractivity contribution in [2.45, 2.75) is 12.9 Å². The van der Waals surface area contributed by atoms with Gasteiger partial charge in [-0.25, -0.2) is 9.38 Å². The molecule has 0 amide bonds. The third-order valence-electron chi connectivity index (χ3n) is 3.67. The van der Waals surface area contributed by atoms with Crippen LogP contribution in [0, 0.1) is 5.82 Å². The summed E-state index contributed by atoms with van der Waals surface area (Å²) in [4.78, 5) is 7.89. The number of pyridine rings is 1. The molecule has 156 valence electrons. The normalized spacial score (nSPS) is 11.8. The second kappa shape index (κ2) is 9.12. The first-order valence-electron chi connectivity index (χ1n) is 8.58. The lowest BCUT2D eigenvalue weighted by Gasteiger charge is -2.14. The molecule has 10 heteroatoms. The summed E-state index contributed by atoms with van der Waals surface area (Å²) < 4.78 is 61.0. The van der Waals surface area contributed by atoms with Crippen LogP contribution in [0.15, 0.2) is 72.0 Å². The van der Waals surface area contributed by atoms with E-state index < -0.39 is 17.9 Å². The second-order valence-electron chi connectivity index (χ2n) is 5.93. The van der Waals surface area contributed by atoms with Crippen LogP contribution in [0.25, 0.3) is 0 Å². The van der Waals surface area contributed by atoms with Crippen molar-refractivity contribution >= 4 is 11.6 Å². The molecule has 0 spiro atoms. The minimum Gasteiger partial charge on any atom is -0.453 e. The van der Waals surface area contributed by atoms with E-state index in [2.05, 4.69) is 20.0 Å². The first-order chi connectivity index (χ1) is 14.3. The lowest BCUT2D eigenvalue weighted by atomic mass is 10.2. The van der Waals surface area contributed by atoms with Crippen molar-refractivity contribution in [3.63, 3.8) is 0 Å². The van der Waals surface area contributed by atoms with Gasteiger partial charge in [0.25, 0.3) is 0 Å². The maximum Gasteiger partial charge on any atom is 0.573 e. The molecule has 3 rings (SSSR count). The fourth-order valence-corrected chi connectivity index (χ4v) is 2.40. The molecule has 1 aromatic heterocycles. The van der Waals surface area contributed by atoms with Crippen LogP contribution in [0.3, 0.4) is 0 Å². The molecular formula is C20H16F4N4O2. The highest BCUT2D eigenvalue weighted by atomic mass is 19.4. The Hall–Kier alpha value is -3.82. The van der Waals surface area contributed by atoms with Gasteiger partial charge in [-0.1, -0.05) is 18.2 Å². The van der Waals surface area contributed by atoms with E-state index >= 15 is 0 Å². The molecule has 3 aromatic rings. The molecule has 0 fully saturated rings. The van der Waals surface area contributed by atoms with E-state index in [1.165, 1.54) is 36.5 Å². The molecule has 1 heterocycles. The summed E-state index contributed by atoms with van der Waals surface area (Å²) in [6.45, 7) is -0.00871. The summed E-state index contributed by atoms with van der Waals surface area (Å²) in [5.74, 6) is -0.826. The molecule has 0 bridgehead atoms. The first kappa shape index (κ1) is 20.9. The van der Waals surface area contributed by atoms with Gasteiger partial charge < -0.3 is 20.5 Å². The van der Waals surface area contributed by atoms with Crippen LogP contribution in [-0.2, 0) is 6.54 Å². The van der Waals surface area contributed by atoms with E-state index in [1.54, 1.807) is 24.4 Å². The Kier molecular flexibility index (Phi) is 6.35. The third-order valence-corrected chi connectivity index (χ3v) is 3.67. The summed E-state index contributed by atoms with van der Waals surface area (Å²) in [5.41, 5.74) is 6.20. The number of rotatable bonds is 6. The van der Waals surface area contributed by atoms with E-state index in [-0.39, 0.29) is 23.9 Å². The average molecular weight is 420 g/mol. The summed E-state index contributed by atoms with van der Waals surface area (Å²) in [7, 11) is 0. The molecular weight excluding hydrogens is 404 g/mol. The topological polar surface area (TPSA) is 81.8 Å². The van der Waals surface area contributed by atoms with Gasteiger partial charge in [-0.05, 0) is 42.0 Å². The first-order valence-corrected chi connectivity index (χ1v) is 8.58. The fraction of sp³-hybridized carbons (Fsp3) is 0.100. The zero-order chi connectivity index (χ0) is 21.6. The predicted octanol–water partition coefficient (Wildman–Crippen LogP) is 4.84. The van der Waals surface area contributed by atoms with Crippen molar-refractivity contribution in [3.05, 3.63) is 78.4 Å². The van der Waals surface area contributed by atoms with Crippen molar-refractivity contribution < 1.29 is 27.0 Å². The van der Waals surface area contributed by atoms with Gasteiger partial charge >= 0.3 is 6.36 Å². The largest absolute Gasteiger partial charge is 0.573 e. The average Bonchev–Trinajstić information content (AvgIpc) is 2.69. The van der Waals surface area contributed by atoms with Crippen molar-refractivity contribution in [2.75, 3.05) is 5.32 Å². The van der Waals surface area contributed by atoms with E-state index in [0.717, 1.165) is 6.07 Å². The lowest BCUT2D eigenvalue weighted by Crippen LogP contribution is -2.24. The number of hydrogen-bond donors (Lipinski definition) is 2. The van der Waals surface area contributed by atoms with Gasteiger partial charge in [0.05, 0.1) is 18.4 Å². The predicted molar refractivity (Wildman–Crippen MR) is 103 cm³/mol. The number of aliphatic imine (C=N–C) groups is 1. The Morgan fingerprint density at radius 1 is 1.07 bits per heavy atom. The molecule has 0 saturated carbocycles. The smallest absolute Gasteiger partial charge is 0.453 e. The van der Waals surface area contributed by atoms with Crippen molar-refractivity contribution in [3.8, 4) is 17.2 Å². The zero-order valence-electron chi connectivity index (χ0n) is 15.4. The number of nitrogens with two attached hydrogens (primary N) is 1. The van der Waals surface area contributed by atoms with Gasteiger partial charge in [0.1, 0.15) is 5.75 Å². The van der Waals surface area contributed by atoms with Gasteiger partial charge in [-0.3, -0.25) is 4.98 Å². The number of anilines is 1. The van der Waals surface area contributed by atoms with Gasteiger partial charge in [0.2, 0.25) is 0 Å². The summed E-state index contributed by atoms with van der Waals surface area (Å²) in [6, 6.07) is 12.9. The molecule has 3 N–H and O–H groups in total.